The molecule has 1 heterocycles. The number of anilines is 1. The van der Waals surface area contributed by atoms with Crippen molar-refractivity contribution in [3.8, 4) is 0 Å². The van der Waals surface area contributed by atoms with Gasteiger partial charge in [-0.3, -0.25) is 9.78 Å². The lowest BCUT2D eigenvalue weighted by molar-refractivity contribution is -0.123. The molecule has 1 aromatic rings. The first-order chi connectivity index (χ1) is 8.34. The molecule has 6 heteroatoms. The Bertz CT molecular complexity index is 419. The van der Waals surface area contributed by atoms with Crippen molar-refractivity contribution < 1.29 is 9.90 Å². The summed E-state index contributed by atoms with van der Waals surface area (Å²) in [7, 11) is 0. The Kier molecular flexibility index (Phi) is 6.97. The van der Waals surface area contributed by atoms with E-state index in [1.807, 2.05) is 20.8 Å². The molecule has 0 saturated carbocycles. The van der Waals surface area contributed by atoms with Gasteiger partial charge in [0.15, 0.2) is 0 Å². The van der Waals surface area contributed by atoms with E-state index in [4.69, 9.17) is 10.8 Å². The van der Waals surface area contributed by atoms with Gasteiger partial charge in [-0.25, -0.2) is 0 Å². The van der Waals surface area contributed by atoms with Crippen LogP contribution in [-0.4, -0.2) is 28.6 Å². The normalized spacial score (nSPS) is 12.5. The zero-order valence-corrected chi connectivity index (χ0v) is 12.3. The van der Waals surface area contributed by atoms with Gasteiger partial charge in [0, 0.05) is 17.7 Å². The van der Waals surface area contributed by atoms with E-state index in [0.29, 0.717) is 12.1 Å². The van der Waals surface area contributed by atoms with E-state index in [2.05, 4.69) is 10.3 Å². The molecule has 1 rings (SSSR count). The maximum atomic E-state index is 11.9. The number of hydrogen-bond donors (Lipinski definition) is 3. The van der Waals surface area contributed by atoms with Crippen LogP contribution in [0.5, 0.6) is 0 Å². The lowest BCUT2D eigenvalue weighted by Crippen LogP contribution is -2.30. The minimum absolute atomic E-state index is 0. The van der Waals surface area contributed by atoms with E-state index in [9.17, 15) is 4.79 Å². The van der Waals surface area contributed by atoms with Crippen LogP contribution in [0.3, 0.4) is 0 Å². The maximum absolute atomic E-state index is 11.9. The van der Waals surface area contributed by atoms with Gasteiger partial charge in [-0.15, -0.1) is 12.4 Å². The largest absolute Gasteiger partial charge is 0.395 e. The number of nitrogens with zero attached hydrogens (tertiary/aromatic N) is 1. The maximum Gasteiger partial charge on any atom is 0.229 e. The summed E-state index contributed by atoms with van der Waals surface area (Å²) in [6.45, 7) is 5.45. The van der Waals surface area contributed by atoms with Gasteiger partial charge in [0.1, 0.15) is 0 Å². The molecule has 0 aliphatic carbocycles. The number of nitrogens with one attached hydrogen (secondary N) is 1. The van der Waals surface area contributed by atoms with Crippen molar-refractivity contribution in [2.45, 2.75) is 33.2 Å². The third-order valence-corrected chi connectivity index (χ3v) is 2.56. The van der Waals surface area contributed by atoms with Crippen molar-refractivity contribution in [1.29, 1.82) is 0 Å². The summed E-state index contributed by atoms with van der Waals surface area (Å²) in [5.41, 5.74) is 6.77. The SMILES string of the molecule is CC(C)(C)C(=O)Nc1cnccc1CC(N)CO.Cl. The predicted molar refractivity (Wildman–Crippen MR) is 78.3 cm³/mol. The molecule has 0 spiro atoms. The van der Waals surface area contributed by atoms with E-state index >= 15 is 0 Å². The number of amides is 1. The molecule has 0 saturated heterocycles. The predicted octanol–water partition coefficient (Wildman–Crippen LogP) is 1.35. The minimum Gasteiger partial charge on any atom is -0.395 e. The highest BCUT2D eigenvalue weighted by Gasteiger charge is 2.22. The lowest BCUT2D eigenvalue weighted by Gasteiger charge is -2.19. The molecule has 0 aliphatic heterocycles. The highest BCUT2D eigenvalue weighted by Crippen LogP contribution is 2.20. The zero-order chi connectivity index (χ0) is 13.8. The highest BCUT2D eigenvalue weighted by molar-refractivity contribution is 5.95. The van der Waals surface area contributed by atoms with Crippen LogP contribution in [0.4, 0.5) is 5.69 Å². The smallest absolute Gasteiger partial charge is 0.229 e. The second-order valence-corrected chi connectivity index (χ2v) is 5.38. The standard InChI is InChI=1S/C13H21N3O2.ClH/c1-13(2,3)12(18)16-11-7-15-5-4-9(11)6-10(14)8-17;/h4-5,7,10,17H,6,8,14H2,1-3H3,(H,16,18);1H. The summed E-state index contributed by atoms with van der Waals surface area (Å²) in [6.07, 6.45) is 3.74. The number of nitrogens with two attached hydrogens (primary N) is 1. The van der Waals surface area contributed by atoms with Gasteiger partial charge in [-0.2, -0.15) is 0 Å². The fourth-order valence-electron chi connectivity index (χ4n) is 1.37. The number of pyridine rings is 1. The van der Waals surface area contributed by atoms with Crippen LogP contribution in [0.1, 0.15) is 26.3 Å². The van der Waals surface area contributed by atoms with Crippen molar-refractivity contribution in [1.82, 2.24) is 4.98 Å². The molecule has 1 atom stereocenters. The first-order valence-electron chi connectivity index (χ1n) is 5.95. The Labute approximate surface area is 120 Å². The van der Waals surface area contributed by atoms with E-state index in [0.717, 1.165) is 5.56 Å². The second kappa shape index (κ2) is 7.43. The van der Waals surface area contributed by atoms with Crippen LogP contribution < -0.4 is 11.1 Å². The summed E-state index contributed by atoms with van der Waals surface area (Å²) in [5, 5.41) is 11.8. The molecule has 0 fully saturated rings. The molecule has 0 aliphatic rings. The lowest BCUT2D eigenvalue weighted by atomic mass is 9.95. The summed E-state index contributed by atoms with van der Waals surface area (Å²) in [6, 6.07) is 1.46. The van der Waals surface area contributed by atoms with Crippen molar-refractivity contribution in [3.05, 3.63) is 24.0 Å². The number of carbonyl (C=O) groups is 1. The number of aromatic nitrogens is 1. The minimum atomic E-state index is -0.466. The van der Waals surface area contributed by atoms with Crippen molar-refractivity contribution >= 4 is 24.0 Å². The highest BCUT2D eigenvalue weighted by atomic mass is 35.5. The average Bonchev–Trinajstić information content (AvgIpc) is 2.30. The van der Waals surface area contributed by atoms with Crippen molar-refractivity contribution in [2.75, 3.05) is 11.9 Å². The Hall–Kier alpha value is -1.17. The molecule has 4 N–H and O–H groups in total. The molecule has 1 amide bonds. The van der Waals surface area contributed by atoms with Crippen LogP contribution in [-0.2, 0) is 11.2 Å². The molecular formula is C13H22ClN3O2. The molecular weight excluding hydrogens is 266 g/mol. The molecule has 108 valence electrons. The van der Waals surface area contributed by atoms with E-state index in [1.54, 1.807) is 18.5 Å². The number of halogens is 1. The monoisotopic (exact) mass is 287 g/mol. The van der Waals surface area contributed by atoms with Crippen LogP contribution in [0.25, 0.3) is 0 Å². The molecule has 0 radical (unpaired) electrons. The van der Waals surface area contributed by atoms with Gasteiger partial charge >= 0.3 is 0 Å². The number of carbonyl (C=O) groups excluding carboxylic acids is 1. The topological polar surface area (TPSA) is 88.2 Å². The van der Waals surface area contributed by atoms with Gasteiger partial charge in [0.25, 0.3) is 0 Å². The van der Waals surface area contributed by atoms with E-state index in [1.165, 1.54) is 0 Å². The fourth-order valence-corrected chi connectivity index (χ4v) is 1.37. The average molecular weight is 288 g/mol. The number of hydrogen-bond acceptors (Lipinski definition) is 4. The number of rotatable bonds is 4. The van der Waals surface area contributed by atoms with Gasteiger partial charge < -0.3 is 16.2 Å². The Morgan fingerprint density at radius 1 is 1.53 bits per heavy atom. The van der Waals surface area contributed by atoms with Gasteiger partial charge in [-0.1, -0.05) is 20.8 Å². The molecule has 19 heavy (non-hydrogen) atoms. The third kappa shape index (κ3) is 5.55. The second-order valence-electron chi connectivity index (χ2n) is 5.38. The summed E-state index contributed by atoms with van der Waals surface area (Å²) < 4.78 is 0. The van der Waals surface area contributed by atoms with Crippen molar-refractivity contribution in [2.24, 2.45) is 11.1 Å². The van der Waals surface area contributed by atoms with E-state index < -0.39 is 5.41 Å². The van der Waals surface area contributed by atoms with Gasteiger partial charge in [0.05, 0.1) is 18.5 Å². The summed E-state index contributed by atoms with van der Waals surface area (Å²) in [4.78, 5) is 15.9. The molecule has 0 bridgehead atoms. The molecule has 0 aromatic carbocycles. The summed E-state index contributed by atoms with van der Waals surface area (Å²) in [5.74, 6) is -0.0747. The quantitative estimate of drug-likeness (QED) is 0.780. The van der Waals surface area contributed by atoms with Crippen LogP contribution in [0, 0.1) is 5.41 Å². The van der Waals surface area contributed by atoms with E-state index in [-0.39, 0.29) is 31.0 Å². The van der Waals surface area contributed by atoms with Gasteiger partial charge in [-0.05, 0) is 18.1 Å². The Balaban J connectivity index is 0.00000324. The van der Waals surface area contributed by atoms with Crippen LogP contribution in [0.2, 0.25) is 0 Å². The molecule has 5 nitrogen and oxygen atoms in total. The molecule has 1 aromatic heterocycles. The summed E-state index contributed by atoms with van der Waals surface area (Å²) >= 11 is 0. The Morgan fingerprint density at radius 2 is 2.16 bits per heavy atom. The van der Waals surface area contributed by atoms with Crippen LogP contribution >= 0.6 is 12.4 Å². The number of aliphatic hydroxyl groups excluding tert-OH is 1. The Morgan fingerprint density at radius 3 is 2.68 bits per heavy atom. The first kappa shape index (κ1) is 17.8. The number of aliphatic hydroxyl groups is 1. The zero-order valence-electron chi connectivity index (χ0n) is 11.5. The molecule has 1 unspecified atom stereocenters. The fraction of sp³-hybridized carbons (Fsp3) is 0.538. The van der Waals surface area contributed by atoms with Crippen molar-refractivity contribution in [3.63, 3.8) is 0 Å². The van der Waals surface area contributed by atoms with Gasteiger partial charge in [0.2, 0.25) is 5.91 Å². The van der Waals surface area contributed by atoms with Crippen LogP contribution in [0.15, 0.2) is 18.5 Å². The first-order valence-corrected chi connectivity index (χ1v) is 5.95. The third-order valence-electron chi connectivity index (χ3n) is 2.56.